The van der Waals surface area contributed by atoms with Gasteiger partial charge in [-0.2, -0.15) is 4.37 Å². The van der Waals surface area contributed by atoms with Gasteiger partial charge in [-0.1, -0.05) is 19.3 Å². The van der Waals surface area contributed by atoms with Crippen LogP contribution >= 0.6 is 11.5 Å². The molecule has 1 aromatic heterocycles. The smallest absolute Gasteiger partial charge is 0.202 e. The Morgan fingerprint density at radius 1 is 1.26 bits per heavy atom. The van der Waals surface area contributed by atoms with Crippen molar-refractivity contribution in [2.45, 2.75) is 64.0 Å². The zero-order valence-electron chi connectivity index (χ0n) is 11.6. The Balaban J connectivity index is 1.68. The van der Waals surface area contributed by atoms with Crippen LogP contribution < -0.4 is 5.32 Å². The summed E-state index contributed by atoms with van der Waals surface area (Å²) in [4.78, 5) is 4.66. The largest absolute Gasteiger partial charge is 0.370 e. The van der Waals surface area contributed by atoms with Crippen LogP contribution in [0, 0.1) is 5.92 Å². The van der Waals surface area contributed by atoms with E-state index < -0.39 is 0 Å². The Kier molecular flexibility index (Phi) is 4.33. The van der Waals surface area contributed by atoms with Crippen LogP contribution in [0.1, 0.15) is 63.8 Å². The average Bonchev–Trinajstić information content (AvgIpc) is 3.14. The minimum atomic E-state index is 0.108. The fourth-order valence-corrected chi connectivity index (χ4v) is 3.53. The van der Waals surface area contributed by atoms with Crippen LogP contribution in [0.4, 0.5) is 5.13 Å². The van der Waals surface area contributed by atoms with Gasteiger partial charge < -0.3 is 10.1 Å². The molecule has 0 bridgehead atoms. The predicted molar refractivity (Wildman–Crippen MR) is 77.5 cm³/mol. The van der Waals surface area contributed by atoms with Crippen molar-refractivity contribution >= 4 is 16.7 Å². The zero-order valence-corrected chi connectivity index (χ0v) is 12.4. The second-order valence-electron chi connectivity index (χ2n) is 5.65. The quantitative estimate of drug-likeness (QED) is 0.862. The van der Waals surface area contributed by atoms with Crippen LogP contribution in [0.25, 0.3) is 0 Å². The summed E-state index contributed by atoms with van der Waals surface area (Å²) in [5, 5.41) is 4.40. The summed E-state index contributed by atoms with van der Waals surface area (Å²) in [7, 11) is 0. The predicted octanol–water partition coefficient (Wildman–Crippen LogP) is 3.77. The van der Waals surface area contributed by atoms with Gasteiger partial charge in [0, 0.05) is 24.2 Å². The average molecular weight is 281 g/mol. The highest BCUT2D eigenvalue weighted by molar-refractivity contribution is 7.09. The van der Waals surface area contributed by atoms with Crippen molar-refractivity contribution in [3.05, 3.63) is 5.82 Å². The molecule has 5 heteroatoms. The molecule has 0 amide bonds. The molecule has 19 heavy (non-hydrogen) atoms. The van der Waals surface area contributed by atoms with Crippen molar-refractivity contribution in [3.63, 3.8) is 0 Å². The van der Waals surface area contributed by atoms with Crippen LogP contribution in [-0.4, -0.2) is 22.0 Å². The zero-order chi connectivity index (χ0) is 13.1. The summed E-state index contributed by atoms with van der Waals surface area (Å²) in [6.07, 6.45) is 9.19. The third-order valence-electron chi connectivity index (χ3n) is 4.03. The second-order valence-corrected chi connectivity index (χ2v) is 6.40. The monoisotopic (exact) mass is 281 g/mol. The lowest BCUT2D eigenvalue weighted by molar-refractivity contribution is 0.000641. The molecule has 0 spiro atoms. The number of aromatic nitrogens is 2. The first-order chi connectivity index (χ1) is 9.36. The number of hydrogen-bond acceptors (Lipinski definition) is 5. The molecule has 1 N–H and O–H groups in total. The molecule has 3 rings (SSSR count). The van der Waals surface area contributed by atoms with E-state index in [0.717, 1.165) is 17.6 Å². The van der Waals surface area contributed by atoms with Crippen LogP contribution in [0.2, 0.25) is 0 Å². The highest BCUT2D eigenvalue weighted by Crippen LogP contribution is 2.37. The summed E-state index contributed by atoms with van der Waals surface area (Å²) >= 11 is 1.48. The van der Waals surface area contributed by atoms with Crippen molar-refractivity contribution in [2.75, 3.05) is 11.9 Å². The van der Waals surface area contributed by atoms with E-state index >= 15 is 0 Å². The van der Waals surface area contributed by atoms with Crippen LogP contribution in [-0.2, 0) is 4.74 Å². The highest BCUT2D eigenvalue weighted by atomic mass is 32.1. The van der Waals surface area contributed by atoms with Gasteiger partial charge in [0.25, 0.3) is 0 Å². The minimum absolute atomic E-state index is 0.108. The van der Waals surface area contributed by atoms with E-state index in [1.807, 2.05) is 0 Å². The maximum absolute atomic E-state index is 5.96. The van der Waals surface area contributed by atoms with Crippen LogP contribution in [0.15, 0.2) is 0 Å². The maximum Gasteiger partial charge on any atom is 0.202 e. The van der Waals surface area contributed by atoms with Gasteiger partial charge in [0.15, 0.2) is 5.82 Å². The molecule has 1 atom stereocenters. The standard InChI is InChI=1S/C14H23N3OS/c1-2-18-12(10-6-4-3-5-7-10)13-16-14(19-17-13)15-11-8-9-11/h10-12H,2-9H2,1H3,(H,15,16,17). The molecule has 0 radical (unpaired) electrons. The first kappa shape index (κ1) is 13.3. The van der Waals surface area contributed by atoms with Crippen molar-refractivity contribution in [3.8, 4) is 0 Å². The Morgan fingerprint density at radius 2 is 2.05 bits per heavy atom. The van der Waals surface area contributed by atoms with E-state index in [2.05, 4.69) is 21.6 Å². The minimum Gasteiger partial charge on any atom is -0.370 e. The third kappa shape index (κ3) is 3.45. The summed E-state index contributed by atoms with van der Waals surface area (Å²) in [6.45, 7) is 2.80. The van der Waals surface area contributed by atoms with E-state index in [4.69, 9.17) is 4.74 Å². The maximum atomic E-state index is 5.96. The van der Waals surface area contributed by atoms with Gasteiger partial charge in [0.05, 0.1) is 0 Å². The van der Waals surface area contributed by atoms with E-state index in [1.165, 1.54) is 56.5 Å². The first-order valence-electron chi connectivity index (χ1n) is 7.58. The molecule has 1 heterocycles. The lowest BCUT2D eigenvalue weighted by Gasteiger charge is -2.28. The molecular formula is C14H23N3OS. The van der Waals surface area contributed by atoms with Crippen LogP contribution in [0.3, 0.4) is 0 Å². The number of nitrogens with one attached hydrogen (secondary N) is 1. The molecule has 0 aliphatic heterocycles. The molecular weight excluding hydrogens is 258 g/mol. The van der Waals surface area contributed by atoms with E-state index in [0.29, 0.717) is 12.0 Å². The third-order valence-corrected chi connectivity index (χ3v) is 4.69. The number of nitrogens with zero attached hydrogens (tertiary/aromatic N) is 2. The molecule has 2 aliphatic carbocycles. The van der Waals surface area contributed by atoms with Gasteiger partial charge in [-0.05, 0) is 38.5 Å². The van der Waals surface area contributed by atoms with Gasteiger partial charge in [-0.25, -0.2) is 4.98 Å². The van der Waals surface area contributed by atoms with Crippen molar-refractivity contribution < 1.29 is 4.74 Å². The Morgan fingerprint density at radius 3 is 2.74 bits per heavy atom. The van der Waals surface area contributed by atoms with Gasteiger partial charge >= 0.3 is 0 Å². The SMILES string of the molecule is CCOC(c1nsc(NC2CC2)n1)C1CCCCC1. The van der Waals surface area contributed by atoms with Crippen LogP contribution in [0.5, 0.6) is 0 Å². The summed E-state index contributed by atoms with van der Waals surface area (Å²) in [5.74, 6) is 1.51. The fraction of sp³-hybridized carbons (Fsp3) is 0.857. The Hall–Kier alpha value is -0.680. The normalized spacial score (nSPS) is 22.4. The topological polar surface area (TPSA) is 47.0 Å². The van der Waals surface area contributed by atoms with Gasteiger partial charge in [-0.15, -0.1) is 0 Å². The van der Waals surface area contributed by atoms with Gasteiger partial charge in [0.1, 0.15) is 6.10 Å². The van der Waals surface area contributed by atoms with E-state index in [1.54, 1.807) is 0 Å². The highest BCUT2D eigenvalue weighted by Gasteiger charge is 2.29. The Labute approximate surface area is 119 Å². The lowest BCUT2D eigenvalue weighted by Crippen LogP contribution is -2.20. The first-order valence-corrected chi connectivity index (χ1v) is 8.36. The molecule has 106 valence electrons. The summed E-state index contributed by atoms with van der Waals surface area (Å²) in [6, 6.07) is 0.640. The molecule has 4 nitrogen and oxygen atoms in total. The molecule has 0 saturated heterocycles. The number of anilines is 1. The molecule has 2 aliphatic rings. The second kappa shape index (κ2) is 6.18. The molecule has 0 aromatic carbocycles. The van der Waals surface area contributed by atoms with E-state index in [9.17, 15) is 0 Å². The number of hydrogen-bond donors (Lipinski definition) is 1. The molecule has 1 unspecified atom stereocenters. The van der Waals surface area contributed by atoms with Crippen molar-refractivity contribution in [2.24, 2.45) is 5.92 Å². The van der Waals surface area contributed by atoms with Gasteiger partial charge in [-0.3, -0.25) is 0 Å². The summed E-state index contributed by atoms with van der Waals surface area (Å²) < 4.78 is 10.5. The van der Waals surface area contributed by atoms with Crippen molar-refractivity contribution in [1.82, 2.24) is 9.36 Å². The number of rotatable bonds is 6. The summed E-state index contributed by atoms with van der Waals surface area (Å²) in [5.41, 5.74) is 0. The lowest BCUT2D eigenvalue weighted by atomic mass is 9.85. The van der Waals surface area contributed by atoms with Crippen molar-refractivity contribution in [1.29, 1.82) is 0 Å². The molecule has 2 saturated carbocycles. The molecule has 2 fully saturated rings. The van der Waals surface area contributed by atoms with Gasteiger partial charge in [0.2, 0.25) is 5.13 Å². The van der Waals surface area contributed by atoms with E-state index in [-0.39, 0.29) is 6.10 Å². The number of ether oxygens (including phenoxy) is 1. The fourth-order valence-electron chi connectivity index (χ4n) is 2.85. The molecule has 1 aromatic rings. The Bertz CT molecular complexity index is 399.